The Morgan fingerprint density at radius 3 is 2.35 bits per heavy atom. The Kier molecular flexibility index (Phi) is 5.70. The van der Waals surface area contributed by atoms with Crippen LogP contribution >= 0.6 is 0 Å². The molecule has 1 saturated heterocycles. The number of aliphatic hydroxyl groups is 4. The molecule has 1 heterocycles. The Balaban J connectivity index is 2.53. The van der Waals surface area contributed by atoms with Gasteiger partial charge in [-0.1, -0.05) is 0 Å². The molecular weight excluding hydrogens is 232 g/mol. The van der Waals surface area contributed by atoms with Crippen LogP contribution in [-0.4, -0.2) is 76.9 Å². The first-order chi connectivity index (χ1) is 8.01. The fourth-order valence-electron chi connectivity index (χ4n) is 1.49. The summed E-state index contributed by atoms with van der Waals surface area (Å²) in [6.07, 6.45) is -6.37. The largest absolute Gasteiger partial charge is 0.394 e. The SMILES string of the molecule is NC[C@@H](N)CO[C@H]1O[C@@H](CO)[C@H](O)[C@@H](O)[C@@H]1O. The molecule has 8 heteroatoms. The van der Waals surface area contributed by atoms with Crippen molar-refractivity contribution in [1.29, 1.82) is 0 Å². The van der Waals surface area contributed by atoms with Gasteiger partial charge in [-0.15, -0.1) is 0 Å². The molecule has 17 heavy (non-hydrogen) atoms. The number of hydrogen-bond donors (Lipinski definition) is 6. The van der Waals surface area contributed by atoms with Gasteiger partial charge in [0.2, 0.25) is 0 Å². The highest BCUT2D eigenvalue weighted by Gasteiger charge is 2.44. The molecule has 102 valence electrons. The molecule has 0 aromatic rings. The molecule has 8 N–H and O–H groups in total. The summed E-state index contributed by atoms with van der Waals surface area (Å²) in [5.41, 5.74) is 10.8. The molecule has 0 bridgehead atoms. The van der Waals surface area contributed by atoms with Gasteiger partial charge in [0.1, 0.15) is 24.4 Å². The summed E-state index contributed by atoms with van der Waals surface area (Å²) in [4.78, 5) is 0. The van der Waals surface area contributed by atoms with Crippen molar-refractivity contribution >= 4 is 0 Å². The van der Waals surface area contributed by atoms with Crippen LogP contribution in [0.2, 0.25) is 0 Å². The minimum Gasteiger partial charge on any atom is -0.394 e. The highest BCUT2D eigenvalue weighted by molar-refractivity contribution is 4.89. The summed E-state index contributed by atoms with van der Waals surface area (Å²) in [6, 6.07) is -0.414. The summed E-state index contributed by atoms with van der Waals surface area (Å²) in [5.74, 6) is 0. The Morgan fingerprint density at radius 2 is 1.82 bits per heavy atom. The molecule has 1 aliphatic heterocycles. The Morgan fingerprint density at radius 1 is 1.18 bits per heavy atom. The predicted molar refractivity (Wildman–Crippen MR) is 56.7 cm³/mol. The maximum atomic E-state index is 9.59. The van der Waals surface area contributed by atoms with Crippen LogP contribution in [0.4, 0.5) is 0 Å². The molecule has 1 aliphatic rings. The molecule has 0 aromatic heterocycles. The van der Waals surface area contributed by atoms with Crippen LogP contribution in [0.3, 0.4) is 0 Å². The van der Waals surface area contributed by atoms with Crippen molar-refractivity contribution in [2.45, 2.75) is 36.7 Å². The highest BCUT2D eigenvalue weighted by atomic mass is 16.7. The minimum absolute atomic E-state index is 0.0409. The number of nitrogens with two attached hydrogens (primary N) is 2. The standard InChI is InChI=1S/C9H20N2O6/c10-1-4(11)3-16-9-8(15)7(14)6(13)5(2-12)17-9/h4-9,12-15H,1-3,10-11H2/t4-,5+,6+,7-,8+,9+/m1/s1. The summed E-state index contributed by atoms with van der Waals surface area (Å²) in [7, 11) is 0. The third-order valence-electron chi connectivity index (χ3n) is 2.63. The van der Waals surface area contributed by atoms with Crippen molar-refractivity contribution in [1.82, 2.24) is 0 Å². The normalized spacial score (nSPS) is 40.2. The fraction of sp³-hybridized carbons (Fsp3) is 1.00. The molecule has 0 radical (unpaired) electrons. The van der Waals surface area contributed by atoms with Crippen LogP contribution in [0, 0.1) is 0 Å². The maximum absolute atomic E-state index is 9.59. The molecule has 0 spiro atoms. The van der Waals surface area contributed by atoms with Crippen molar-refractivity contribution in [3.63, 3.8) is 0 Å². The second-order valence-corrected chi connectivity index (χ2v) is 4.03. The first-order valence-electron chi connectivity index (χ1n) is 5.39. The number of hydrogen-bond acceptors (Lipinski definition) is 8. The summed E-state index contributed by atoms with van der Waals surface area (Å²) >= 11 is 0. The molecule has 1 rings (SSSR count). The molecule has 0 unspecified atom stereocenters. The predicted octanol–water partition coefficient (Wildman–Crippen LogP) is -3.91. The van der Waals surface area contributed by atoms with Gasteiger partial charge in [-0.3, -0.25) is 0 Å². The van der Waals surface area contributed by atoms with Gasteiger partial charge in [-0.25, -0.2) is 0 Å². The van der Waals surface area contributed by atoms with E-state index in [9.17, 15) is 15.3 Å². The molecule has 6 atom stereocenters. The van der Waals surface area contributed by atoms with Crippen molar-refractivity contribution in [3.8, 4) is 0 Å². The van der Waals surface area contributed by atoms with E-state index in [1.54, 1.807) is 0 Å². The Labute approximate surface area is 98.7 Å². The lowest BCUT2D eigenvalue weighted by atomic mass is 9.99. The van der Waals surface area contributed by atoms with Gasteiger partial charge in [0.25, 0.3) is 0 Å². The number of rotatable bonds is 5. The third kappa shape index (κ3) is 3.57. The van der Waals surface area contributed by atoms with Gasteiger partial charge in [-0.05, 0) is 0 Å². The Hall–Kier alpha value is -0.320. The van der Waals surface area contributed by atoms with E-state index in [2.05, 4.69) is 0 Å². The van der Waals surface area contributed by atoms with Gasteiger partial charge in [0.05, 0.1) is 13.2 Å². The second kappa shape index (κ2) is 6.57. The monoisotopic (exact) mass is 252 g/mol. The maximum Gasteiger partial charge on any atom is 0.186 e. The van der Waals surface area contributed by atoms with Crippen LogP contribution in [0.15, 0.2) is 0 Å². The van der Waals surface area contributed by atoms with E-state index in [0.717, 1.165) is 0 Å². The van der Waals surface area contributed by atoms with Crippen molar-refractivity contribution in [2.75, 3.05) is 19.8 Å². The number of ether oxygens (including phenoxy) is 2. The lowest BCUT2D eigenvalue weighted by Crippen LogP contribution is -2.59. The zero-order chi connectivity index (χ0) is 13.0. The van der Waals surface area contributed by atoms with Crippen LogP contribution in [-0.2, 0) is 9.47 Å². The first-order valence-corrected chi connectivity index (χ1v) is 5.39. The van der Waals surface area contributed by atoms with Crippen LogP contribution in [0.25, 0.3) is 0 Å². The first kappa shape index (κ1) is 14.7. The molecule has 8 nitrogen and oxygen atoms in total. The second-order valence-electron chi connectivity index (χ2n) is 4.03. The number of aliphatic hydroxyl groups excluding tert-OH is 4. The van der Waals surface area contributed by atoms with E-state index in [0.29, 0.717) is 0 Å². The smallest absolute Gasteiger partial charge is 0.186 e. The summed E-state index contributed by atoms with van der Waals surface area (Å²) in [5, 5.41) is 37.5. The topological polar surface area (TPSA) is 151 Å². The lowest BCUT2D eigenvalue weighted by molar-refractivity contribution is -0.301. The van der Waals surface area contributed by atoms with Crippen molar-refractivity contribution in [2.24, 2.45) is 11.5 Å². The Bertz CT molecular complexity index is 230. The molecule has 0 saturated carbocycles. The zero-order valence-corrected chi connectivity index (χ0v) is 9.35. The van der Waals surface area contributed by atoms with Crippen LogP contribution in [0.5, 0.6) is 0 Å². The van der Waals surface area contributed by atoms with Gasteiger partial charge >= 0.3 is 0 Å². The highest BCUT2D eigenvalue weighted by Crippen LogP contribution is 2.21. The van der Waals surface area contributed by atoms with Gasteiger partial charge in [0.15, 0.2) is 6.29 Å². The van der Waals surface area contributed by atoms with E-state index in [1.807, 2.05) is 0 Å². The van der Waals surface area contributed by atoms with E-state index < -0.39 is 43.4 Å². The van der Waals surface area contributed by atoms with Crippen LogP contribution in [0.1, 0.15) is 0 Å². The lowest BCUT2D eigenvalue weighted by Gasteiger charge is -2.39. The average molecular weight is 252 g/mol. The van der Waals surface area contributed by atoms with E-state index in [4.69, 9.17) is 26.0 Å². The molecule has 0 aliphatic carbocycles. The van der Waals surface area contributed by atoms with Crippen molar-refractivity contribution in [3.05, 3.63) is 0 Å². The molecular formula is C9H20N2O6. The quantitative estimate of drug-likeness (QED) is 0.290. The van der Waals surface area contributed by atoms with Gasteiger partial charge in [-0.2, -0.15) is 0 Å². The average Bonchev–Trinajstić information content (AvgIpc) is 2.34. The molecule has 0 aromatic carbocycles. The van der Waals surface area contributed by atoms with Gasteiger partial charge < -0.3 is 41.4 Å². The summed E-state index contributed by atoms with van der Waals surface area (Å²) in [6.45, 7) is -0.246. The van der Waals surface area contributed by atoms with E-state index in [1.165, 1.54) is 0 Å². The molecule has 0 amide bonds. The third-order valence-corrected chi connectivity index (χ3v) is 2.63. The fourth-order valence-corrected chi connectivity index (χ4v) is 1.49. The minimum atomic E-state index is -1.44. The van der Waals surface area contributed by atoms with E-state index >= 15 is 0 Å². The summed E-state index contributed by atoms with van der Waals surface area (Å²) < 4.78 is 10.2. The molecule has 1 fully saturated rings. The van der Waals surface area contributed by atoms with E-state index in [-0.39, 0.29) is 13.2 Å². The zero-order valence-electron chi connectivity index (χ0n) is 9.35. The van der Waals surface area contributed by atoms with Gasteiger partial charge in [0, 0.05) is 12.6 Å². The van der Waals surface area contributed by atoms with Crippen LogP contribution < -0.4 is 11.5 Å². The van der Waals surface area contributed by atoms with Crippen molar-refractivity contribution < 1.29 is 29.9 Å².